The van der Waals surface area contributed by atoms with Gasteiger partial charge in [-0.2, -0.15) is 13.2 Å². The van der Waals surface area contributed by atoms with E-state index >= 15 is 4.39 Å². The van der Waals surface area contributed by atoms with E-state index in [4.69, 9.17) is 4.74 Å². The van der Waals surface area contributed by atoms with Gasteiger partial charge in [-0.05, 0) is 43.4 Å². The van der Waals surface area contributed by atoms with Crippen LogP contribution in [0.5, 0.6) is 5.88 Å². The number of halogens is 5. The number of carbonyl (C=O) groups is 1. The Morgan fingerprint density at radius 1 is 1.06 bits per heavy atom. The summed E-state index contributed by atoms with van der Waals surface area (Å²) in [6, 6.07) is 6.29. The Hall–Kier alpha value is -3.63. The van der Waals surface area contributed by atoms with Crippen LogP contribution >= 0.6 is 0 Å². The highest BCUT2D eigenvalue weighted by Gasteiger charge is 2.51. The SMILES string of the molecule is O=C(c1c(F)cccc1-c1ncccn1)N1[C@H](CF)[C@@H]2CC[C@H]1[C@H](Oc1ccc(C(F)(F)F)cn1)C2. The molecule has 0 spiro atoms. The summed E-state index contributed by atoms with van der Waals surface area (Å²) in [5.74, 6) is -1.63. The fourth-order valence-electron chi connectivity index (χ4n) is 5.18. The number of benzene rings is 1. The summed E-state index contributed by atoms with van der Waals surface area (Å²) < 4.78 is 73.8. The average Bonchev–Trinajstić information content (AvgIpc) is 2.88. The van der Waals surface area contributed by atoms with E-state index in [0.717, 1.165) is 18.2 Å². The lowest BCUT2D eigenvalue weighted by Crippen LogP contribution is -2.65. The molecule has 6 nitrogen and oxygen atoms in total. The van der Waals surface area contributed by atoms with Gasteiger partial charge in [0, 0.05) is 30.2 Å². The van der Waals surface area contributed by atoms with Crippen molar-refractivity contribution >= 4 is 5.91 Å². The first kappa shape index (κ1) is 24.1. The topological polar surface area (TPSA) is 68.2 Å². The maximum atomic E-state index is 15.1. The lowest BCUT2D eigenvalue weighted by atomic mass is 9.72. The number of hydrogen-bond donors (Lipinski definition) is 0. The molecular formula is C25H21F5N4O2. The van der Waals surface area contributed by atoms with Crippen LogP contribution in [0.15, 0.2) is 55.0 Å². The number of alkyl halides is 4. The zero-order valence-electron chi connectivity index (χ0n) is 18.8. The Balaban J connectivity index is 1.47. The number of rotatable bonds is 5. The molecule has 2 aromatic heterocycles. The van der Waals surface area contributed by atoms with Crippen molar-refractivity contribution in [2.75, 3.05) is 6.67 Å². The molecule has 1 amide bonds. The number of nitrogens with zero attached hydrogens (tertiary/aromatic N) is 4. The Labute approximate surface area is 203 Å². The van der Waals surface area contributed by atoms with E-state index in [1.54, 1.807) is 6.07 Å². The van der Waals surface area contributed by atoms with Gasteiger partial charge in [0.15, 0.2) is 5.82 Å². The minimum absolute atomic E-state index is 0.0333. The number of pyridine rings is 1. The Bertz CT molecular complexity index is 1240. The summed E-state index contributed by atoms with van der Waals surface area (Å²) in [5.41, 5.74) is -0.993. The number of aromatic nitrogens is 3. The highest BCUT2D eigenvalue weighted by atomic mass is 19.4. The molecule has 3 fully saturated rings. The smallest absolute Gasteiger partial charge is 0.417 e. The number of amides is 1. The van der Waals surface area contributed by atoms with Gasteiger partial charge in [-0.25, -0.2) is 23.7 Å². The van der Waals surface area contributed by atoms with Gasteiger partial charge >= 0.3 is 6.18 Å². The van der Waals surface area contributed by atoms with Crippen molar-refractivity contribution in [1.29, 1.82) is 0 Å². The van der Waals surface area contributed by atoms with E-state index in [1.807, 2.05) is 0 Å². The van der Waals surface area contributed by atoms with Crippen molar-refractivity contribution in [2.24, 2.45) is 5.92 Å². The molecule has 11 heteroatoms. The van der Waals surface area contributed by atoms with Gasteiger partial charge < -0.3 is 9.64 Å². The van der Waals surface area contributed by atoms with Crippen molar-refractivity contribution < 1.29 is 31.5 Å². The van der Waals surface area contributed by atoms with Gasteiger partial charge in [-0.1, -0.05) is 12.1 Å². The van der Waals surface area contributed by atoms with Crippen LogP contribution in [0.2, 0.25) is 0 Å². The minimum atomic E-state index is -4.53. The molecule has 6 rings (SSSR count). The standard InChI is InChI=1S/C25H21F5N4O2/c26-12-19-14-5-7-18(20(11-14)36-21-8-6-15(13-33-21)25(28,29)30)34(19)24(35)22-16(3-1-4-17(22)27)23-31-9-2-10-32-23/h1-4,6,8-10,13-14,18-20H,5,7,11-12H2/t14-,18+,19-,20-/m1/s1. The lowest BCUT2D eigenvalue weighted by Gasteiger charge is -2.53. The molecule has 3 aliphatic rings. The molecule has 1 saturated carbocycles. The van der Waals surface area contributed by atoms with Crippen LogP contribution in [0.3, 0.4) is 0 Å². The first-order valence-electron chi connectivity index (χ1n) is 11.4. The number of hydrogen-bond acceptors (Lipinski definition) is 5. The van der Waals surface area contributed by atoms with Crippen molar-refractivity contribution in [3.8, 4) is 17.3 Å². The van der Waals surface area contributed by atoms with Crippen LogP contribution < -0.4 is 4.74 Å². The Morgan fingerprint density at radius 3 is 2.50 bits per heavy atom. The van der Waals surface area contributed by atoms with Gasteiger partial charge in [0.25, 0.3) is 5.91 Å². The third-order valence-electron chi connectivity index (χ3n) is 6.82. The van der Waals surface area contributed by atoms with E-state index < -0.39 is 48.3 Å². The van der Waals surface area contributed by atoms with Gasteiger partial charge in [0.2, 0.25) is 5.88 Å². The number of carbonyl (C=O) groups excluding carboxylic acids is 1. The molecule has 4 atom stereocenters. The zero-order valence-corrected chi connectivity index (χ0v) is 18.8. The summed E-state index contributed by atoms with van der Waals surface area (Å²) in [5, 5.41) is 0. The maximum Gasteiger partial charge on any atom is 0.417 e. The summed E-state index contributed by atoms with van der Waals surface area (Å²) in [7, 11) is 0. The first-order valence-corrected chi connectivity index (χ1v) is 11.4. The molecule has 2 saturated heterocycles. The molecule has 2 aliphatic heterocycles. The highest BCUT2D eigenvalue weighted by molar-refractivity contribution is 6.01. The predicted octanol–water partition coefficient (Wildman–Crippen LogP) is 5.11. The molecule has 0 N–H and O–H groups in total. The van der Waals surface area contributed by atoms with Crippen LogP contribution in [-0.2, 0) is 6.18 Å². The van der Waals surface area contributed by atoms with Gasteiger partial charge in [-0.15, -0.1) is 0 Å². The van der Waals surface area contributed by atoms with Crippen LogP contribution in [-0.4, -0.2) is 50.6 Å². The number of piperidine rings is 2. The number of fused-ring (bicyclic) bond motifs is 3. The molecular weight excluding hydrogens is 483 g/mol. The Kier molecular flexibility index (Phi) is 6.31. The minimum Gasteiger partial charge on any atom is -0.472 e. The number of ether oxygens (including phenoxy) is 1. The summed E-state index contributed by atoms with van der Waals surface area (Å²) in [4.78, 5) is 27.1. The van der Waals surface area contributed by atoms with Crippen molar-refractivity contribution in [3.63, 3.8) is 0 Å². The fraction of sp³-hybridized carbons (Fsp3) is 0.360. The van der Waals surface area contributed by atoms with E-state index in [-0.39, 0.29) is 28.7 Å². The van der Waals surface area contributed by atoms with E-state index in [0.29, 0.717) is 25.5 Å². The van der Waals surface area contributed by atoms with Gasteiger partial charge in [-0.3, -0.25) is 4.79 Å². The fourth-order valence-corrected chi connectivity index (χ4v) is 5.18. The quantitative estimate of drug-likeness (QED) is 0.452. The third-order valence-corrected chi connectivity index (χ3v) is 6.82. The zero-order chi connectivity index (χ0) is 25.4. The second-order valence-electron chi connectivity index (χ2n) is 8.85. The second-order valence-corrected chi connectivity index (χ2v) is 8.85. The second kappa shape index (κ2) is 9.44. The van der Waals surface area contributed by atoms with E-state index in [2.05, 4.69) is 15.0 Å². The van der Waals surface area contributed by atoms with Crippen molar-refractivity contribution in [2.45, 2.75) is 43.6 Å². The van der Waals surface area contributed by atoms with Crippen LogP contribution in [0, 0.1) is 11.7 Å². The summed E-state index contributed by atoms with van der Waals surface area (Å²) >= 11 is 0. The molecule has 1 aromatic carbocycles. The molecule has 36 heavy (non-hydrogen) atoms. The summed E-state index contributed by atoms with van der Waals surface area (Å²) in [6.07, 6.45) is -0.0348. The highest BCUT2D eigenvalue weighted by Crippen LogP contribution is 2.43. The largest absolute Gasteiger partial charge is 0.472 e. The van der Waals surface area contributed by atoms with E-state index in [9.17, 15) is 22.4 Å². The molecule has 1 aliphatic carbocycles. The van der Waals surface area contributed by atoms with Gasteiger partial charge in [0.1, 0.15) is 18.6 Å². The predicted molar refractivity (Wildman–Crippen MR) is 118 cm³/mol. The molecule has 188 valence electrons. The van der Waals surface area contributed by atoms with Gasteiger partial charge in [0.05, 0.1) is 23.2 Å². The maximum absolute atomic E-state index is 15.1. The van der Waals surface area contributed by atoms with E-state index in [1.165, 1.54) is 29.4 Å². The summed E-state index contributed by atoms with van der Waals surface area (Å²) in [6.45, 7) is -0.816. The third kappa shape index (κ3) is 4.38. The monoisotopic (exact) mass is 504 g/mol. The van der Waals surface area contributed by atoms with Crippen molar-refractivity contribution in [1.82, 2.24) is 19.9 Å². The lowest BCUT2D eigenvalue weighted by molar-refractivity contribution is -0.137. The van der Waals surface area contributed by atoms with Crippen molar-refractivity contribution in [3.05, 3.63) is 71.9 Å². The molecule has 2 bridgehead atoms. The van der Waals surface area contributed by atoms with Crippen LogP contribution in [0.1, 0.15) is 35.2 Å². The van der Waals surface area contributed by atoms with Crippen LogP contribution in [0.4, 0.5) is 22.0 Å². The molecule has 4 heterocycles. The molecule has 3 aromatic rings. The molecule has 0 unspecified atom stereocenters. The first-order chi connectivity index (χ1) is 17.3. The molecule has 0 radical (unpaired) electrons. The van der Waals surface area contributed by atoms with Crippen LogP contribution in [0.25, 0.3) is 11.4 Å². The average molecular weight is 504 g/mol. The normalized spacial score (nSPS) is 23.5. The Morgan fingerprint density at radius 2 is 1.83 bits per heavy atom.